The van der Waals surface area contributed by atoms with Crippen molar-refractivity contribution in [2.75, 3.05) is 6.61 Å². The van der Waals surface area contributed by atoms with Gasteiger partial charge in [0.2, 0.25) is 0 Å². The van der Waals surface area contributed by atoms with E-state index in [1.165, 1.54) is 16.7 Å². The molecular weight excluding hydrogens is 298 g/mol. The Bertz CT molecular complexity index is 644. The van der Waals surface area contributed by atoms with E-state index >= 15 is 0 Å². The average molecular weight is 329 g/mol. The Hall–Kier alpha value is -1.65. The van der Waals surface area contributed by atoms with Crippen LogP contribution in [0.2, 0.25) is 0 Å². The van der Waals surface area contributed by atoms with Gasteiger partial charge >= 0.3 is 0 Å². The molecule has 0 saturated carbocycles. The third-order valence-corrected chi connectivity index (χ3v) is 4.76. The van der Waals surface area contributed by atoms with E-state index in [1.54, 1.807) is 0 Å². The zero-order chi connectivity index (χ0) is 17.7. The summed E-state index contributed by atoms with van der Waals surface area (Å²) in [4.78, 5) is 0. The summed E-state index contributed by atoms with van der Waals surface area (Å²) in [6.45, 7) is 12.3. The molecule has 0 aliphatic rings. The maximum atomic E-state index is 9.15. The maximum Gasteiger partial charge on any atom is 0.0644 e. The van der Waals surface area contributed by atoms with Crippen molar-refractivity contribution in [3.05, 3.63) is 52.3 Å². The number of aryl methyl sites for hydroxylation is 2. The number of nitrogens with one attached hydrogen (secondary N) is 1. The predicted octanol–water partition coefficient (Wildman–Crippen LogP) is 3.54. The van der Waals surface area contributed by atoms with Crippen molar-refractivity contribution in [2.45, 2.75) is 60.2 Å². The Morgan fingerprint density at radius 3 is 2.38 bits per heavy atom. The molecule has 1 aromatic carbocycles. The summed E-state index contributed by atoms with van der Waals surface area (Å²) in [7, 11) is 0. The van der Waals surface area contributed by atoms with Crippen LogP contribution in [0.15, 0.2) is 24.3 Å². The molecule has 2 rings (SSSR count). The summed E-state index contributed by atoms with van der Waals surface area (Å²) < 4.78 is 1.90. The van der Waals surface area contributed by atoms with E-state index in [0.29, 0.717) is 18.5 Å². The van der Waals surface area contributed by atoms with Crippen molar-refractivity contribution in [3.63, 3.8) is 0 Å². The fourth-order valence-corrected chi connectivity index (χ4v) is 3.21. The first-order valence-electron chi connectivity index (χ1n) is 8.93. The summed E-state index contributed by atoms with van der Waals surface area (Å²) in [5.41, 5.74) is 6.12. The highest BCUT2D eigenvalue weighted by atomic mass is 16.3. The van der Waals surface area contributed by atoms with E-state index < -0.39 is 0 Å². The summed E-state index contributed by atoms with van der Waals surface area (Å²) in [6, 6.07) is 9.25. The van der Waals surface area contributed by atoms with Crippen molar-refractivity contribution in [1.29, 1.82) is 0 Å². The van der Waals surface area contributed by atoms with Gasteiger partial charge in [0.15, 0.2) is 0 Å². The minimum absolute atomic E-state index is 0.118. The smallest absolute Gasteiger partial charge is 0.0644 e. The van der Waals surface area contributed by atoms with Gasteiger partial charge in [-0.3, -0.25) is 4.68 Å². The minimum atomic E-state index is 0.118. The van der Waals surface area contributed by atoms with E-state index in [2.05, 4.69) is 62.4 Å². The molecule has 2 aromatic rings. The highest BCUT2D eigenvalue weighted by Gasteiger charge is 2.18. The molecule has 1 aromatic heterocycles. The van der Waals surface area contributed by atoms with Crippen LogP contribution in [-0.4, -0.2) is 21.5 Å². The largest absolute Gasteiger partial charge is 0.394 e. The second-order valence-corrected chi connectivity index (χ2v) is 6.79. The third-order valence-electron chi connectivity index (χ3n) is 4.76. The average Bonchev–Trinajstić information content (AvgIpc) is 2.83. The number of nitrogens with zero attached hydrogens (tertiary/aromatic N) is 2. The number of aliphatic hydroxyl groups excluding tert-OH is 1. The lowest BCUT2D eigenvalue weighted by atomic mass is 9.94. The van der Waals surface area contributed by atoms with Crippen molar-refractivity contribution in [1.82, 2.24) is 15.1 Å². The summed E-state index contributed by atoms with van der Waals surface area (Å²) >= 11 is 0. The Morgan fingerprint density at radius 2 is 1.83 bits per heavy atom. The molecule has 132 valence electrons. The normalized spacial score (nSPS) is 12.8. The Kier molecular flexibility index (Phi) is 6.58. The molecule has 4 heteroatoms. The second kappa shape index (κ2) is 8.45. The monoisotopic (exact) mass is 329 g/mol. The third kappa shape index (κ3) is 4.25. The number of aliphatic hydroxyl groups is 1. The van der Waals surface area contributed by atoms with E-state index in [1.807, 2.05) is 11.6 Å². The highest BCUT2D eigenvalue weighted by Crippen LogP contribution is 2.24. The molecule has 0 bridgehead atoms. The molecular formula is C20H31N3O. The summed E-state index contributed by atoms with van der Waals surface area (Å²) in [6.07, 6.45) is 1.07. The Morgan fingerprint density at radius 1 is 1.17 bits per heavy atom. The lowest BCUT2D eigenvalue weighted by Gasteiger charge is -2.23. The highest BCUT2D eigenvalue weighted by molar-refractivity contribution is 5.27. The first-order valence-corrected chi connectivity index (χ1v) is 8.93. The minimum Gasteiger partial charge on any atom is -0.394 e. The van der Waals surface area contributed by atoms with Gasteiger partial charge in [0, 0.05) is 23.8 Å². The molecule has 0 radical (unpaired) electrons. The number of hydrogen-bond acceptors (Lipinski definition) is 3. The number of benzene rings is 1. The van der Waals surface area contributed by atoms with E-state index in [4.69, 9.17) is 5.11 Å². The van der Waals surface area contributed by atoms with Crippen LogP contribution in [0.1, 0.15) is 54.9 Å². The van der Waals surface area contributed by atoms with Crippen molar-refractivity contribution in [3.8, 4) is 0 Å². The van der Waals surface area contributed by atoms with Crippen molar-refractivity contribution >= 4 is 0 Å². The molecule has 1 unspecified atom stereocenters. The first kappa shape index (κ1) is 18.7. The van der Waals surface area contributed by atoms with Crippen LogP contribution in [0, 0.1) is 19.8 Å². The fourth-order valence-electron chi connectivity index (χ4n) is 3.21. The van der Waals surface area contributed by atoms with Gasteiger partial charge in [-0.05, 0) is 37.3 Å². The summed E-state index contributed by atoms with van der Waals surface area (Å²) in [5, 5.41) is 17.4. The number of rotatable bonds is 8. The molecule has 24 heavy (non-hydrogen) atoms. The van der Waals surface area contributed by atoms with Crippen molar-refractivity contribution in [2.24, 2.45) is 5.92 Å². The molecule has 0 fully saturated rings. The van der Waals surface area contributed by atoms with Crippen LogP contribution in [-0.2, 0) is 19.5 Å². The second-order valence-electron chi connectivity index (χ2n) is 6.79. The number of hydrogen-bond donors (Lipinski definition) is 2. The zero-order valence-corrected chi connectivity index (χ0v) is 15.6. The molecule has 1 heterocycles. The van der Waals surface area contributed by atoms with Gasteiger partial charge in [-0.25, -0.2) is 0 Å². The van der Waals surface area contributed by atoms with Crippen LogP contribution < -0.4 is 5.32 Å². The molecule has 0 saturated heterocycles. The van der Waals surface area contributed by atoms with Gasteiger partial charge in [0.25, 0.3) is 0 Å². The molecule has 0 aliphatic heterocycles. The predicted molar refractivity (Wildman–Crippen MR) is 99.0 cm³/mol. The quantitative estimate of drug-likeness (QED) is 0.779. The van der Waals surface area contributed by atoms with Crippen LogP contribution in [0.4, 0.5) is 0 Å². The molecule has 2 N–H and O–H groups in total. The SMILES string of the molecule is CCc1ccc(C(NCc2c(C)nn(CCO)c2C)C(C)C)cc1. The molecule has 4 nitrogen and oxygen atoms in total. The lowest BCUT2D eigenvalue weighted by Crippen LogP contribution is -2.26. The van der Waals surface area contributed by atoms with Gasteiger partial charge < -0.3 is 10.4 Å². The first-order chi connectivity index (χ1) is 11.5. The van der Waals surface area contributed by atoms with Gasteiger partial charge in [-0.2, -0.15) is 5.10 Å². The van der Waals surface area contributed by atoms with E-state index in [0.717, 1.165) is 24.4 Å². The fraction of sp³-hybridized carbons (Fsp3) is 0.550. The van der Waals surface area contributed by atoms with Gasteiger partial charge in [0.1, 0.15) is 0 Å². The molecule has 0 spiro atoms. The van der Waals surface area contributed by atoms with Gasteiger partial charge in [-0.15, -0.1) is 0 Å². The van der Waals surface area contributed by atoms with Crippen LogP contribution in [0.3, 0.4) is 0 Å². The summed E-state index contributed by atoms with van der Waals surface area (Å²) in [5.74, 6) is 0.505. The van der Waals surface area contributed by atoms with Gasteiger partial charge in [-0.1, -0.05) is 45.0 Å². The van der Waals surface area contributed by atoms with E-state index in [-0.39, 0.29) is 6.61 Å². The Balaban J connectivity index is 2.14. The number of aromatic nitrogens is 2. The lowest BCUT2D eigenvalue weighted by molar-refractivity contribution is 0.267. The Labute approximate surface area is 145 Å². The molecule has 0 amide bonds. The van der Waals surface area contributed by atoms with Crippen LogP contribution in [0.25, 0.3) is 0 Å². The van der Waals surface area contributed by atoms with Crippen LogP contribution >= 0.6 is 0 Å². The van der Waals surface area contributed by atoms with Crippen molar-refractivity contribution < 1.29 is 5.11 Å². The topological polar surface area (TPSA) is 50.1 Å². The standard InChI is InChI=1S/C20H31N3O/c1-6-17-7-9-18(10-8-17)20(14(2)3)21-13-19-15(4)22-23(11-12-24)16(19)5/h7-10,14,20-21,24H,6,11-13H2,1-5H3. The zero-order valence-electron chi connectivity index (χ0n) is 15.6. The van der Waals surface area contributed by atoms with E-state index in [9.17, 15) is 0 Å². The van der Waals surface area contributed by atoms with Gasteiger partial charge in [0.05, 0.1) is 18.8 Å². The molecule has 0 aliphatic carbocycles. The molecule has 1 atom stereocenters. The van der Waals surface area contributed by atoms with Crippen LogP contribution in [0.5, 0.6) is 0 Å². The maximum absolute atomic E-state index is 9.15.